The summed E-state index contributed by atoms with van der Waals surface area (Å²) in [6.45, 7) is 0.715. The molecule has 2 aromatic carbocycles. The summed E-state index contributed by atoms with van der Waals surface area (Å²) in [5, 5.41) is 2.88. The lowest BCUT2D eigenvalue weighted by atomic mass is 9.91. The average Bonchev–Trinajstić information content (AvgIpc) is 3.12. The second-order valence-electron chi connectivity index (χ2n) is 6.35. The van der Waals surface area contributed by atoms with Crippen LogP contribution >= 0.6 is 0 Å². The minimum absolute atomic E-state index is 0.0288. The molecule has 1 amide bonds. The van der Waals surface area contributed by atoms with Gasteiger partial charge in [0.1, 0.15) is 5.75 Å². The van der Waals surface area contributed by atoms with E-state index in [0.717, 1.165) is 35.7 Å². The Morgan fingerprint density at radius 3 is 2.92 bits per heavy atom. The van der Waals surface area contributed by atoms with Crippen LogP contribution in [0.2, 0.25) is 0 Å². The fourth-order valence-electron chi connectivity index (χ4n) is 3.33. The third-order valence-electron chi connectivity index (χ3n) is 4.64. The largest absolute Gasteiger partial charge is 0.483 e. The molecule has 0 atom stereocenters. The SMILES string of the molecule is O=C(COc1cccc2c1CCCC2)NCc1ccc2c(c1)OCO2. The first-order chi connectivity index (χ1) is 12.3. The summed E-state index contributed by atoms with van der Waals surface area (Å²) in [6.07, 6.45) is 4.54. The van der Waals surface area contributed by atoms with E-state index in [-0.39, 0.29) is 19.3 Å². The molecule has 0 saturated heterocycles. The van der Waals surface area contributed by atoms with Crippen molar-refractivity contribution in [2.24, 2.45) is 0 Å². The smallest absolute Gasteiger partial charge is 0.258 e. The molecule has 0 unspecified atom stereocenters. The fraction of sp³-hybridized carbons (Fsp3) is 0.350. The third kappa shape index (κ3) is 3.55. The molecule has 25 heavy (non-hydrogen) atoms. The molecule has 0 bridgehead atoms. The topological polar surface area (TPSA) is 56.8 Å². The van der Waals surface area contributed by atoms with Gasteiger partial charge in [-0.3, -0.25) is 4.79 Å². The zero-order valence-corrected chi connectivity index (χ0v) is 14.0. The lowest BCUT2D eigenvalue weighted by molar-refractivity contribution is -0.123. The van der Waals surface area contributed by atoms with Crippen molar-refractivity contribution in [3.8, 4) is 17.2 Å². The number of nitrogens with one attached hydrogen (secondary N) is 1. The maximum Gasteiger partial charge on any atom is 0.258 e. The van der Waals surface area contributed by atoms with Crippen LogP contribution in [-0.4, -0.2) is 19.3 Å². The number of benzene rings is 2. The lowest BCUT2D eigenvalue weighted by Gasteiger charge is -2.19. The first kappa shape index (κ1) is 15.8. The van der Waals surface area contributed by atoms with E-state index in [0.29, 0.717) is 6.54 Å². The quantitative estimate of drug-likeness (QED) is 0.910. The van der Waals surface area contributed by atoms with Gasteiger partial charge in [0.15, 0.2) is 18.1 Å². The zero-order valence-electron chi connectivity index (χ0n) is 14.0. The molecule has 1 heterocycles. The molecule has 1 N–H and O–H groups in total. The molecule has 130 valence electrons. The van der Waals surface area contributed by atoms with Crippen molar-refractivity contribution < 1.29 is 19.0 Å². The monoisotopic (exact) mass is 339 g/mol. The zero-order chi connectivity index (χ0) is 17.1. The summed E-state index contributed by atoms with van der Waals surface area (Å²) in [7, 11) is 0. The Bertz CT molecular complexity index is 787. The minimum atomic E-state index is -0.133. The van der Waals surface area contributed by atoms with Crippen LogP contribution in [0.3, 0.4) is 0 Å². The van der Waals surface area contributed by atoms with E-state index < -0.39 is 0 Å². The van der Waals surface area contributed by atoms with E-state index >= 15 is 0 Å². The van der Waals surface area contributed by atoms with Crippen molar-refractivity contribution in [1.82, 2.24) is 5.32 Å². The van der Waals surface area contributed by atoms with Gasteiger partial charge < -0.3 is 19.5 Å². The Morgan fingerprint density at radius 1 is 1.08 bits per heavy atom. The maximum atomic E-state index is 12.1. The highest BCUT2D eigenvalue weighted by atomic mass is 16.7. The summed E-state index contributed by atoms with van der Waals surface area (Å²) in [5.74, 6) is 2.17. The van der Waals surface area contributed by atoms with Gasteiger partial charge in [-0.1, -0.05) is 18.2 Å². The lowest BCUT2D eigenvalue weighted by Crippen LogP contribution is -2.28. The van der Waals surface area contributed by atoms with Crippen molar-refractivity contribution in [3.63, 3.8) is 0 Å². The maximum absolute atomic E-state index is 12.1. The van der Waals surface area contributed by atoms with Gasteiger partial charge >= 0.3 is 0 Å². The first-order valence-electron chi connectivity index (χ1n) is 8.68. The molecule has 2 aromatic rings. The second-order valence-corrected chi connectivity index (χ2v) is 6.35. The number of carbonyl (C=O) groups is 1. The number of aryl methyl sites for hydroxylation is 1. The van der Waals surface area contributed by atoms with Gasteiger partial charge in [-0.05, 0) is 60.6 Å². The summed E-state index contributed by atoms with van der Waals surface area (Å²) in [5.41, 5.74) is 3.58. The predicted molar refractivity (Wildman–Crippen MR) is 93.0 cm³/mol. The average molecular weight is 339 g/mol. The molecule has 1 aliphatic carbocycles. The van der Waals surface area contributed by atoms with E-state index in [1.54, 1.807) is 0 Å². The molecule has 5 nitrogen and oxygen atoms in total. The van der Waals surface area contributed by atoms with Crippen LogP contribution in [-0.2, 0) is 24.2 Å². The number of rotatable bonds is 5. The van der Waals surface area contributed by atoms with Gasteiger partial charge in [-0.25, -0.2) is 0 Å². The summed E-state index contributed by atoms with van der Waals surface area (Å²) < 4.78 is 16.4. The second kappa shape index (κ2) is 7.05. The van der Waals surface area contributed by atoms with Gasteiger partial charge in [-0.2, -0.15) is 0 Å². The highest BCUT2D eigenvalue weighted by Gasteiger charge is 2.15. The fourth-order valence-corrected chi connectivity index (χ4v) is 3.33. The number of amides is 1. The van der Waals surface area contributed by atoms with Crippen LogP contribution in [0, 0.1) is 0 Å². The van der Waals surface area contributed by atoms with E-state index in [2.05, 4.69) is 11.4 Å². The van der Waals surface area contributed by atoms with Gasteiger partial charge in [-0.15, -0.1) is 0 Å². The van der Waals surface area contributed by atoms with Crippen molar-refractivity contribution in [2.75, 3.05) is 13.4 Å². The number of carbonyl (C=O) groups excluding carboxylic acids is 1. The highest BCUT2D eigenvalue weighted by molar-refractivity contribution is 5.77. The van der Waals surface area contributed by atoms with Crippen LogP contribution in [0.5, 0.6) is 17.2 Å². The molecule has 2 aliphatic rings. The number of hydrogen-bond donors (Lipinski definition) is 1. The summed E-state index contributed by atoms with van der Waals surface area (Å²) in [4.78, 5) is 12.1. The Labute approximate surface area is 146 Å². The molecule has 0 saturated carbocycles. The highest BCUT2D eigenvalue weighted by Crippen LogP contribution is 2.32. The Hall–Kier alpha value is -2.69. The van der Waals surface area contributed by atoms with Gasteiger partial charge in [0, 0.05) is 6.54 Å². The molecule has 5 heteroatoms. The first-order valence-corrected chi connectivity index (χ1v) is 8.68. The van der Waals surface area contributed by atoms with Crippen molar-refractivity contribution in [1.29, 1.82) is 0 Å². The molecule has 0 fully saturated rings. The molecule has 0 radical (unpaired) electrons. The normalized spacial score (nSPS) is 14.7. The Balaban J connectivity index is 1.31. The molecule has 0 aromatic heterocycles. The van der Waals surface area contributed by atoms with Gasteiger partial charge in [0.05, 0.1) is 0 Å². The standard InChI is InChI=1S/C20H21NO4/c22-20(21-11-14-8-9-18-19(10-14)25-13-24-18)12-23-17-7-3-5-15-4-1-2-6-16(15)17/h3,5,7-10H,1-2,4,6,11-13H2,(H,21,22). The Kier molecular flexibility index (Phi) is 4.46. The molecular formula is C20H21NO4. The summed E-state index contributed by atoms with van der Waals surface area (Å²) >= 11 is 0. The minimum Gasteiger partial charge on any atom is -0.483 e. The number of fused-ring (bicyclic) bond motifs is 2. The number of ether oxygens (including phenoxy) is 3. The van der Waals surface area contributed by atoms with Crippen LogP contribution in [0.1, 0.15) is 29.5 Å². The van der Waals surface area contributed by atoms with Crippen LogP contribution in [0.4, 0.5) is 0 Å². The van der Waals surface area contributed by atoms with E-state index in [1.165, 1.54) is 24.0 Å². The van der Waals surface area contributed by atoms with Gasteiger partial charge in [0.25, 0.3) is 5.91 Å². The number of hydrogen-bond acceptors (Lipinski definition) is 4. The van der Waals surface area contributed by atoms with Crippen LogP contribution in [0.15, 0.2) is 36.4 Å². The third-order valence-corrected chi connectivity index (χ3v) is 4.64. The molecule has 1 aliphatic heterocycles. The van der Waals surface area contributed by atoms with Gasteiger partial charge in [0.2, 0.25) is 6.79 Å². The van der Waals surface area contributed by atoms with E-state index in [4.69, 9.17) is 14.2 Å². The molecule has 0 spiro atoms. The van der Waals surface area contributed by atoms with Crippen molar-refractivity contribution in [3.05, 3.63) is 53.1 Å². The molecular weight excluding hydrogens is 318 g/mol. The van der Waals surface area contributed by atoms with E-state index in [1.807, 2.05) is 30.3 Å². The summed E-state index contributed by atoms with van der Waals surface area (Å²) in [6, 6.07) is 11.8. The van der Waals surface area contributed by atoms with Crippen LogP contribution < -0.4 is 19.5 Å². The predicted octanol–water partition coefficient (Wildman–Crippen LogP) is 2.99. The van der Waals surface area contributed by atoms with Crippen molar-refractivity contribution in [2.45, 2.75) is 32.2 Å². The Morgan fingerprint density at radius 2 is 1.96 bits per heavy atom. The van der Waals surface area contributed by atoms with Crippen molar-refractivity contribution >= 4 is 5.91 Å². The molecule has 4 rings (SSSR count). The van der Waals surface area contributed by atoms with E-state index in [9.17, 15) is 4.79 Å². The van der Waals surface area contributed by atoms with Crippen LogP contribution in [0.25, 0.3) is 0 Å².